The number of nitrogens with one attached hydrogen (secondary N) is 1. The predicted molar refractivity (Wildman–Crippen MR) is 116 cm³/mol. The molecule has 0 radical (unpaired) electrons. The molecule has 0 unspecified atom stereocenters. The highest BCUT2D eigenvalue weighted by Gasteiger charge is 2.31. The number of hydrogen-bond donors (Lipinski definition) is 1. The van der Waals surface area contributed by atoms with Gasteiger partial charge < -0.3 is 14.8 Å². The summed E-state index contributed by atoms with van der Waals surface area (Å²) in [5.41, 5.74) is 0.678. The molecule has 156 valence electrons. The van der Waals surface area contributed by atoms with E-state index in [2.05, 4.69) is 11.9 Å². The number of amides is 1. The van der Waals surface area contributed by atoms with Crippen molar-refractivity contribution in [1.82, 2.24) is 0 Å². The van der Waals surface area contributed by atoms with Crippen LogP contribution in [-0.2, 0) is 14.8 Å². The number of rotatable bonds is 9. The fourth-order valence-electron chi connectivity index (χ4n) is 2.65. The summed E-state index contributed by atoms with van der Waals surface area (Å²) >= 11 is 6.04. The van der Waals surface area contributed by atoms with Gasteiger partial charge in [-0.05, 0) is 49.4 Å². The molecule has 0 heterocycles. The monoisotopic (exact) mass is 438 g/mol. The third-order valence-corrected chi connectivity index (χ3v) is 5.42. The average Bonchev–Trinajstić information content (AvgIpc) is 2.66. The van der Waals surface area contributed by atoms with Crippen LogP contribution < -0.4 is 19.1 Å². The van der Waals surface area contributed by atoms with Crippen LogP contribution in [-0.4, -0.2) is 40.3 Å². The molecule has 0 fully saturated rings. The Kier molecular flexibility index (Phi) is 7.53. The van der Waals surface area contributed by atoms with E-state index in [1.807, 2.05) is 0 Å². The molecule has 1 amide bonds. The second-order valence-electron chi connectivity index (χ2n) is 6.16. The molecule has 0 aliphatic carbocycles. The topological polar surface area (TPSA) is 84.9 Å². The van der Waals surface area contributed by atoms with Crippen molar-refractivity contribution in [3.63, 3.8) is 0 Å². The summed E-state index contributed by atoms with van der Waals surface area (Å²) in [6, 6.07) is 10.2. The number of hydrogen-bond acceptors (Lipinski definition) is 5. The number of benzene rings is 2. The van der Waals surface area contributed by atoms with E-state index in [1.165, 1.54) is 20.1 Å². The van der Waals surface area contributed by atoms with Gasteiger partial charge in [-0.15, -0.1) is 0 Å². The molecule has 9 heteroatoms. The molecule has 0 aromatic heterocycles. The average molecular weight is 439 g/mol. The zero-order valence-electron chi connectivity index (χ0n) is 16.4. The first-order chi connectivity index (χ1) is 13.7. The second kappa shape index (κ2) is 9.67. The van der Waals surface area contributed by atoms with E-state index in [4.69, 9.17) is 21.1 Å². The largest absolute Gasteiger partial charge is 0.495 e. The van der Waals surface area contributed by atoms with Crippen LogP contribution in [0.2, 0.25) is 5.02 Å². The van der Waals surface area contributed by atoms with Crippen molar-refractivity contribution in [2.75, 3.05) is 29.6 Å². The lowest BCUT2D eigenvalue weighted by molar-refractivity contribution is -0.116. The van der Waals surface area contributed by atoms with Gasteiger partial charge in [-0.2, -0.15) is 0 Å². The molecule has 1 N–H and O–H groups in total. The molecule has 0 bridgehead atoms. The summed E-state index contributed by atoms with van der Waals surface area (Å²) in [5, 5.41) is 3.02. The minimum absolute atomic E-state index is 0.179. The Labute approximate surface area is 175 Å². The molecule has 1 atom stereocenters. The molecule has 2 aromatic carbocycles. The highest BCUT2D eigenvalue weighted by atomic mass is 35.5. The maximum absolute atomic E-state index is 12.8. The molecule has 0 saturated heterocycles. The van der Waals surface area contributed by atoms with Gasteiger partial charge >= 0.3 is 0 Å². The van der Waals surface area contributed by atoms with E-state index in [9.17, 15) is 13.2 Å². The molecule has 0 spiro atoms. The molecule has 0 saturated carbocycles. The van der Waals surface area contributed by atoms with Gasteiger partial charge in [0.05, 0.1) is 19.1 Å². The molecule has 2 rings (SSSR count). The fourth-order valence-corrected chi connectivity index (χ4v) is 3.99. The third kappa shape index (κ3) is 5.88. The van der Waals surface area contributed by atoms with Crippen molar-refractivity contribution in [2.24, 2.45) is 0 Å². The van der Waals surface area contributed by atoms with E-state index in [-0.39, 0.29) is 11.4 Å². The Bertz CT molecular complexity index is 977. The van der Waals surface area contributed by atoms with Crippen LogP contribution in [0.5, 0.6) is 11.5 Å². The summed E-state index contributed by atoms with van der Waals surface area (Å²) in [5.74, 6) is 0.387. The van der Waals surface area contributed by atoms with Gasteiger partial charge in [-0.1, -0.05) is 24.3 Å². The minimum Gasteiger partial charge on any atom is -0.495 e. The first-order valence-electron chi connectivity index (χ1n) is 8.65. The minimum atomic E-state index is -3.82. The van der Waals surface area contributed by atoms with E-state index in [0.29, 0.717) is 23.1 Å². The lowest BCUT2D eigenvalue weighted by atomic mass is 10.2. The highest BCUT2D eigenvalue weighted by molar-refractivity contribution is 7.92. The number of methoxy groups -OCH3 is 1. The summed E-state index contributed by atoms with van der Waals surface area (Å²) in [4.78, 5) is 12.8. The Hall–Kier alpha value is -2.71. The smallest absolute Gasteiger partial charge is 0.247 e. The summed E-state index contributed by atoms with van der Waals surface area (Å²) in [6.07, 6.45) is 2.64. The third-order valence-electron chi connectivity index (χ3n) is 3.96. The normalized spacial score (nSPS) is 12.0. The Morgan fingerprint density at radius 1 is 1.28 bits per heavy atom. The number of nitrogens with zero attached hydrogens (tertiary/aromatic N) is 1. The van der Waals surface area contributed by atoms with Crippen LogP contribution in [0.3, 0.4) is 0 Å². The second-order valence-corrected chi connectivity index (χ2v) is 8.46. The Balaban J connectivity index is 2.28. The van der Waals surface area contributed by atoms with Crippen molar-refractivity contribution in [1.29, 1.82) is 0 Å². The number of sulfonamides is 1. The van der Waals surface area contributed by atoms with Gasteiger partial charge in [0.1, 0.15) is 24.1 Å². The molecule has 2 aromatic rings. The van der Waals surface area contributed by atoms with Crippen LogP contribution >= 0.6 is 11.6 Å². The van der Waals surface area contributed by atoms with Gasteiger partial charge in [0.15, 0.2) is 0 Å². The van der Waals surface area contributed by atoms with E-state index in [1.54, 1.807) is 42.5 Å². The van der Waals surface area contributed by atoms with Crippen molar-refractivity contribution in [3.8, 4) is 11.5 Å². The zero-order valence-corrected chi connectivity index (χ0v) is 18.0. The Morgan fingerprint density at radius 3 is 2.48 bits per heavy atom. The van der Waals surface area contributed by atoms with Crippen LogP contribution in [0, 0.1) is 0 Å². The maximum Gasteiger partial charge on any atom is 0.247 e. The van der Waals surface area contributed by atoms with Crippen molar-refractivity contribution >= 4 is 38.9 Å². The van der Waals surface area contributed by atoms with Crippen LogP contribution in [0.25, 0.3) is 0 Å². The molecular formula is C20H23ClN2O5S. The molecule has 0 aliphatic rings. The summed E-state index contributed by atoms with van der Waals surface area (Å²) < 4.78 is 36.6. The van der Waals surface area contributed by atoms with Gasteiger partial charge in [-0.25, -0.2) is 8.42 Å². The molecular weight excluding hydrogens is 416 g/mol. The SMILES string of the molecule is C=CCOc1ccc(NC(=O)[C@H](C)N(c2cc(Cl)ccc2OC)S(C)(=O)=O)cc1. The van der Waals surface area contributed by atoms with E-state index < -0.39 is 22.0 Å². The maximum atomic E-state index is 12.8. The first-order valence-corrected chi connectivity index (χ1v) is 10.9. The van der Waals surface area contributed by atoms with Crippen LogP contribution in [0.1, 0.15) is 6.92 Å². The van der Waals surface area contributed by atoms with Crippen LogP contribution in [0.4, 0.5) is 11.4 Å². The quantitative estimate of drug-likeness (QED) is 0.603. The van der Waals surface area contributed by atoms with Gasteiger partial charge in [0, 0.05) is 10.7 Å². The van der Waals surface area contributed by atoms with Gasteiger partial charge in [0.25, 0.3) is 0 Å². The molecule has 0 aliphatic heterocycles. The summed E-state index contributed by atoms with van der Waals surface area (Å²) in [6.45, 7) is 5.43. The van der Waals surface area contributed by atoms with Crippen LogP contribution in [0.15, 0.2) is 55.1 Å². The lowest BCUT2D eigenvalue weighted by Crippen LogP contribution is -2.45. The highest BCUT2D eigenvalue weighted by Crippen LogP contribution is 2.34. The first kappa shape index (κ1) is 22.6. The predicted octanol–water partition coefficient (Wildman–Crippen LogP) is 3.71. The standard InChI is InChI=1S/C20H23ClN2O5S/c1-5-12-28-17-9-7-16(8-10-17)22-20(24)14(2)23(29(4,25)26)18-13-15(21)6-11-19(18)27-3/h5-11,13-14H,1,12H2,2-4H3,(H,22,24)/t14-/m0/s1. The van der Waals surface area contributed by atoms with Crippen molar-refractivity contribution < 1.29 is 22.7 Å². The van der Waals surface area contributed by atoms with Gasteiger partial charge in [0.2, 0.25) is 15.9 Å². The number of carbonyl (C=O) groups is 1. The van der Waals surface area contributed by atoms with Crippen molar-refractivity contribution in [3.05, 3.63) is 60.1 Å². The van der Waals surface area contributed by atoms with E-state index >= 15 is 0 Å². The molecule has 29 heavy (non-hydrogen) atoms. The number of ether oxygens (including phenoxy) is 2. The fraction of sp³-hybridized carbons (Fsp3) is 0.250. The summed E-state index contributed by atoms with van der Waals surface area (Å²) in [7, 11) is -2.41. The van der Waals surface area contributed by atoms with Crippen molar-refractivity contribution in [2.45, 2.75) is 13.0 Å². The number of halogens is 1. The zero-order chi connectivity index (χ0) is 21.6. The van der Waals surface area contributed by atoms with E-state index in [0.717, 1.165) is 10.6 Å². The van der Waals surface area contributed by atoms with Gasteiger partial charge in [-0.3, -0.25) is 9.10 Å². The molecule has 7 nitrogen and oxygen atoms in total. The number of anilines is 2. The lowest BCUT2D eigenvalue weighted by Gasteiger charge is -2.29. The number of carbonyl (C=O) groups excluding carboxylic acids is 1. The Morgan fingerprint density at radius 2 is 1.93 bits per heavy atom.